The lowest BCUT2D eigenvalue weighted by Gasteiger charge is -2.11. The third-order valence-corrected chi connectivity index (χ3v) is 4.79. The normalized spacial score (nSPS) is 15.2. The van der Waals surface area contributed by atoms with Gasteiger partial charge in [-0.3, -0.25) is 4.79 Å². The zero-order valence-electron chi connectivity index (χ0n) is 12.1. The van der Waals surface area contributed by atoms with Gasteiger partial charge in [0.1, 0.15) is 21.9 Å². The first kappa shape index (κ1) is 16.7. The zero-order valence-corrected chi connectivity index (χ0v) is 15.3. The van der Waals surface area contributed by atoms with Crippen LogP contribution < -0.4 is 10.1 Å². The van der Waals surface area contributed by atoms with Gasteiger partial charge in [0.15, 0.2) is 0 Å². The Balaban J connectivity index is 2.01. The Morgan fingerprint density at radius 2 is 2.04 bits per heavy atom. The maximum atomic E-state index is 11.8. The van der Waals surface area contributed by atoms with Crippen molar-refractivity contribution in [1.82, 2.24) is 5.32 Å². The summed E-state index contributed by atoms with van der Waals surface area (Å²) in [6.07, 6.45) is 1.72. The number of nitrogens with zero attached hydrogens (tertiary/aromatic N) is 1. The second-order valence-corrected chi connectivity index (χ2v) is 7.38. The molecule has 0 bridgehead atoms. The second-order valence-electron chi connectivity index (χ2n) is 4.74. The van der Waals surface area contributed by atoms with Crippen LogP contribution in [-0.2, 0) is 4.79 Å². The third kappa shape index (κ3) is 3.67. The number of nitriles is 1. The number of amides is 1. The van der Waals surface area contributed by atoms with E-state index in [1.54, 1.807) is 36.4 Å². The summed E-state index contributed by atoms with van der Waals surface area (Å²) >= 11 is 9.61. The van der Waals surface area contributed by atoms with Crippen molar-refractivity contribution in [2.45, 2.75) is 0 Å². The lowest BCUT2D eigenvalue weighted by molar-refractivity contribution is -0.115. The van der Waals surface area contributed by atoms with Crippen molar-refractivity contribution in [2.75, 3.05) is 0 Å². The molecular formula is C17H9BrN2O2S2. The molecule has 1 aliphatic heterocycles. The van der Waals surface area contributed by atoms with Gasteiger partial charge in [0.25, 0.3) is 5.91 Å². The van der Waals surface area contributed by atoms with Crippen molar-refractivity contribution in [3.8, 4) is 17.6 Å². The number of halogens is 1. The molecule has 1 aliphatic rings. The van der Waals surface area contributed by atoms with Crippen molar-refractivity contribution in [2.24, 2.45) is 0 Å². The van der Waals surface area contributed by atoms with Gasteiger partial charge in [0.2, 0.25) is 0 Å². The van der Waals surface area contributed by atoms with Crippen LogP contribution in [0.15, 0.2) is 51.8 Å². The fourth-order valence-electron chi connectivity index (χ4n) is 2.04. The van der Waals surface area contributed by atoms with E-state index in [4.69, 9.17) is 17.0 Å². The summed E-state index contributed by atoms with van der Waals surface area (Å²) in [7, 11) is 0. The van der Waals surface area contributed by atoms with E-state index >= 15 is 0 Å². The zero-order chi connectivity index (χ0) is 17.1. The monoisotopic (exact) mass is 416 g/mol. The molecule has 2 aromatic carbocycles. The van der Waals surface area contributed by atoms with Gasteiger partial charge in [0.05, 0.1) is 10.5 Å². The molecule has 1 fully saturated rings. The van der Waals surface area contributed by atoms with E-state index in [0.29, 0.717) is 31.9 Å². The Morgan fingerprint density at radius 1 is 1.25 bits per heavy atom. The van der Waals surface area contributed by atoms with E-state index < -0.39 is 0 Å². The van der Waals surface area contributed by atoms with Gasteiger partial charge in [0, 0.05) is 10.0 Å². The minimum Gasteiger partial charge on any atom is -0.455 e. The minimum atomic E-state index is -0.226. The molecule has 7 heteroatoms. The summed E-state index contributed by atoms with van der Waals surface area (Å²) in [5.41, 5.74) is 1.15. The van der Waals surface area contributed by atoms with Crippen LogP contribution in [0.25, 0.3) is 6.08 Å². The molecule has 1 heterocycles. The fraction of sp³-hybridized carbons (Fsp3) is 0. The van der Waals surface area contributed by atoms with Gasteiger partial charge >= 0.3 is 0 Å². The van der Waals surface area contributed by atoms with E-state index in [9.17, 15) is 10.1 Å². The molecule has 0 saturated carbocycles. The second kappa shape index (κ2) is 7.18. The van der Waals surface area contributed by atoms with E-state index in [1.165, 1.54) is 11.8 Å². The number of nitrogens with one attached hydrogen (secondary N) is 1. The summed E-state index contributed by atoms with van der Waals surface area (Å²) in [6, 6.07) is 14.5. The van der Waals surface area contributed by atoms with E-state index in [2.05, 4.69) is 27.3 Å². The lowest BCUT2D eigenvalue weighted by atomic mass is 10.1. The van der Waals surface area contributed by atoms with E-state index in [0.717, 1.165) is 4.47 Å². The van der Waals surface area contributed by atoms with E-state index in [-0.39, 0.29) is 5.91 Å². The van der Waals surface area contributed by atoms with Crippen LogP contribution in [0.2, 0.25) is 0 Å². The Kier molecular flexibility index (Phi) is 5.00. The van der Waals surface area contributed by atoms with Gasteiger partial charge in [-0.25, -0.2) is 0 Å². The van der Waals surface area contributed by atoms with Crippen molar-refractivity contribution < 1.29 is 9.53 Å². The number of carbonyl (C=O) groups excluding carboxylic acids is 1. The molecule has 2 aromatic rings. The van der Waals surface area contributed by atoms with Gasteiger partial charge in [-0.2, -0.15) is 5.26 Å². The lowest BCUT2D eigenvalue weighted by Crippen LogP contribution is -2.17. The first-order chi connectivity index (χ1) is 11.6. The van der Waals surface area contributed by atoms with Gasteiger partial charge < -0.3 is 10.1 Å². The Hall–Kier alpha value is -2.14. The molecule has 0 aliphatic carbocycles. The van der Waals surface area contributed by atoms with Crippen molar-refractivity contribution >= 4 is 56.2 Å². The maximum absolute atomic E-state index is 11.8. The van der Waals surface area contributed by atoms with Gasteiger partial charge in [-0.15, -0.1) is 0 Å². The third-order valence-electron chi connectivity index (χ3n) is 3.13. The van der Waals surface area contributed by atoms with Gasteiger partial charge in [-0.05, 0) is 30.3 Å². The molecule has 3 rings (SSSR count). The number of hydrogen-bond acceptors (Lipinski definition) is 5. The molecule has 0 spiro atoms. The first-order valence-electron chi connectivity index (χ1n) is 6.78. The molecular weight excluding hydrogens is 408 g/mol. The molecule has 0 atom stereocenters. The summed E-state index contributed by atoms with van der Waals surface area (Å²) in [5, 5.41) is 11.8. The Morgan fingerprint density at radius 3 is 2.75 bits per heavy atom. The van der Waals surface area contributed by atoms with Crippen LogP contribution in [0.4, 0.5) is 0 Å². The van der Waals surface area contributed by atoms with Gasteiger partial charge in [-0.1, -0.05) is 58.1 Å². The van der Waals surface area contributed by atoms with Crippen LogP contribution >= 0.6 is 39.9 Å². The Labute approximate surface area is 156 Å². The quantitative estimate of drug-likeness (QED) is 0.584. The number of para-hydroxylation sites is 1. The number of ether oxygens (including phenoxy) is 1. The first-order valence-corrected chi connectivity index (χ1v) is 8.80. The average Bonchev–Trinajstić information content (AvgIpc) is 2.88. The summed E-state index contributed by atoms with van der Waals surface area (Å²) in [5.74, 6) is 0.763. The predicted octanol–water partition coefficient (Wildman–Crippen LogP) is 4.60. The molecule has 0 unspecified atom stereocenters. The van der Waals surface area contributed by atoms with Crippen molar-refractivity contribution in [1.29, 1.82) is 5.26 Å². The fourth-order valence-corrected chi connectivity index (χ4v) is 3.42. The molecule has 1 amide bonds. The summed E-state index contributed by atoms with van der Waals surface area (Å²) in [6.45, 7) is 0. The maximum Gasteiger partial charge on any atom is 0.263 e. The van der Waals surface area contributed by atoms with Crippen LogP contribution in [0.1, 0.15) is 11.1 Å². The smallest absolute Gasteiger partial charge is 0.263 e. The number of thioether (sulfide) groups is 1. The molecule has 0 radical (unpaired) electrons. The molecule has 1 N–H and O–H groups in total. The number of hydrogen-bond donors (Lipinski definition) is 1. The van der Waals surface area contributed by atoms with Crippen LogP contribution in [0, 0.1) is 11.3 Å². The summed E-state index contributed by atoms with van der Waals surface area (Å²) in [4.78, 5) is 12.3. The highest BCUT2D eigenvalue weighted by Crippen LogP contribution is 2.34. The van der Waals surface area contributed by atoms with Crippen LogP contribution in [0.3, 0.4) is 0 Å². The highest BCUT2D eigenvalue weighted by atomic mass is 79.9. The molecule has 118 valence electrons. The van der Waals surface area contributed by atoms with E-state index in [1.807, 2.05) is 12.1 Å². The minimum absolute atomic E-state index is 0.226. The summed E-state index contributed by atoms with van der Waals surface area (Å²) < 4.78 is 7.17. The Bertz CT molecular complexity index is 919. The average molecular weight is 417 g/mol. The number of carbonyl (C=O) groups is 1. The largest absolute Gasteiger partial charge is 0.455 e. The number of thiocarbonyl (C=S) groups is 1. The number of rotatable bonds is 3. The highest BCUT2D eigenvalue weighted by molar-refractivity contribution is 9.10. The van der Waals surface area contributed by atoms with Crippen LogP contribution in [-0.4, -0.2) is 10.2 Å². The number of benzene rings is 2. The highest BCUT2D eigenvalue weighted by Gasteiger charge is 2.22. The SMILES string of the molecule is N#Cc1ccccc1Oc1cc(Br)ccc1C=C1SC(=S)NC1=O. The predicted molar refractivity (Wildman–Crippen MR) is 102 cm³/mol. The molecule has 4 nitrogen and oxygen atoms in total. The molecule has 1 saturated heterocycles. The van der Waals surface area contributed by atoms with Crippen molar-refractivity contribution in [3.05, 3.63) is 63.0 Å². The molecule has 0 aromatic heterocycles. The molecule has 24 heavy (non-hydrogen) atoms. The van der Waals surface area contributed by atoms with Crippen LogP contribution in [0.5, 0.6) is 11.5 Å². The standard InChI is InChI=1S/C17H9BrN2O2S2/c18-12-6-5-10(7-15-16(21)20-17(23)24-15)14(8-12)22-13-4-2-1-3-11(13)9-19/h1-8H,(H,20,21,23). The van der Waals surface area contributed by atoms with Crippen molar-refractivity contribution in [3.63, 3.8) is 0 Å². The topological polar surface area (TPSA) is 62.1 Å².